The molecular formula is C9H17F3N2S. The van der Waals surface area contributed by atoms with Gasteiger partial charge < -0.3 is 5.32 Å². The maximum absolute atomic E-state index is 11.9. The van der Waals surface area contributed by atoms with E-state index in [9.17, 15) is 13.2 Å². The van der Waals surface area contributed by atoms with Crippen LogP contribution in [-0.4, -0.2) is 54.8 Å². The van der Waals surface area contributed by atoms with Crippen molar-refractivity contribution in [2.75, 3.05) is 37.7 Å². The van der Waals surface area contributed by atoms with Crippen LogP contribution in [0.4, 0.5) is 13.2 Å². The Hall–Kier alpha value is 0.0600. The molecule has 15 heavy (non-hydrogen) atoms. The molecule has 0 radical (unpaired) electrons. The quantitative estimate of drug-likeness (QED) is 0.805. The molecule has 1 aliphatic rings. The molecule has 0 aromatic rings. The van der Waals surface area contributed by atoms with Gasteiger partial charge in [0.05, 0.1) is 6.54 Å². The van der Waals surface area contributed by atoms with Gasteiger partial charge in [-0.25, -0.2) is 0 Å². The summed E-state index contributed by atoms with van der Waals surface area (Å²) in [4.78, 5) is 2.24. The number of rotatable bonds is 4. The van der Waals surface area contributed by atoms with E-state index in [0.717, 1.165) is 24.6 Å². The van der Waals surface area contributed by atoms with Gasteiger partial charge >= 0.3 is 6.18 Å². The minimum Gasteiger partial charge on any atom is -0.307 e. The Balaban J connectivity index is 2.14. The smallest absolute Gasteiger partial charge is 0.307 e. The van der Waals surface area contributed by atoms with Gasteiger partial charge in [-0.1, -0.05) is 0 Å². The molecule has 1 fully saturated rings. The Morgan fingerprint density at radius 2 is 1.93 bits per heavy atom. The second-order valence-corrected chi connectivity index (χ2v) is 4.97. The van der Waals surface area contributed by atoms with Crippen LogP contribution >= 0.6 is 11.8 Å². The summed E-state index contributed by atoms with van der Waals surface area (Å²) >= 11 is 1.90. The zero-order valence-corrected chi connectivity index (χ0v) is 9.63. The Bertz CT molecular complexity index is 181. The molecule has 1 rings (SSSR count). The lowest BCUT2D eigenvalue weighted by atomic mass is 10.2. The SMILES string of the molecule is CC(CNCC(F)(F)F)N1CCSCC1. The fraction of sp³-hybridized carbons (Fsp3) is 1.00. The maximum atomic E-state index is 11.9. The summed E-state index contributed by atoms with van der Waals surface area (Å²) < 4.78 is 35.6. The Morgan fingerprint density at radius 1 is 1.33 bits per heavy atom. The van der Waals surface area contributed by atoms with Crippen molar-refractivity contribution in [2.24, 2.45) is 0 Å². The number of nitrogens with one attached hydrogen (secondary N) is 1. The first-order valence-corrected chi connectivity index (χ1v) is 6.24. The Labute approximate surface area is 92.6 Å². The fourth-order valence-electron chi connectivity index (χ4n) is 1.57. The second kappa shape index (κ2) is 5.96. The van der Waals surface area contributed by atoms with Crippen molar-refractivity contribution in [2.45, 2.75) is 19.1 Å². The summed E-state index contributed by atoms with van der Waals surface area (Å²) in [5.74, 6) is 2.17. The van der Waals surface area contributed by atoms with Crippen molar-refractivity contribution >= 4 is 11.8 Å². The molecule has 0 bridgehead atoms. The van der Waals surface area contributed by atoms with Gasteiger partial charge in [0.1, 0.15) is 0 Å². The summed E-state index contributed by atoms with van der Waals surface area (Å²) in [5.41, 5.74) is 0. The minimum absolute atomic E-state index is 0.188. The van der Waals surface area contributed by atoms with Crippen LogP contribution in [0.2, 0.25) is 0 Å². The van der Waals surface area contributed by atoms with Crippen molar-refractivity contribution in [3.63, 3.8) is 0 Å². The van der Waals surface area contributed by atoms with Crippen molar-refractivity contribution in [1.82, 2.24) is 10.2 Å². The van der Waals surface area contributed by atoms with Crippen molar-refractivity contribution in [3.05, 3.63) is 0 Å². The molecule has 0 spiro atoms. The first kappa shape index (κ1) is 13.1. The minimum atomic E-state index is -4.10. The molecule has 0 aromatic carbocycles. The molecule has 1 atom stereocenters. The molecule has 6 heteroatoms. The van der Waals surface area contributed by atoms with Crippen molar-refractivity contribution < 1.29 is 13.2 Å². The molecular weight excluding hydrogens is 225 g/mol. The summed E-state index contributed by atoms with van der Waals surface area (Å²) in [6, 6.07) is 0.188. The molecule has 1 heterocycles. The Kier molecular flexibility index (Phi) is 5.22. The summed E-state index contributed by atoms with van der Waals surface area (Å²) in [6.07, 6.45) is -4.10. The number of hydrogen-bond donors (Lipinski definition) is 1. The zero-order valence-electron chi connectivity index (χ0n) is 8.81. The largest absolute Gasteiger partial charge is 0.401 e. The summed E-state index contributed by atoms with van der Waals surface area (Å²) in [5, 5.41) is 2.45. The molecule has 1 aliphatic heterocycles. The molecule has 0 saturated carbocycles. The predicted octanol–water partition coefficient (Wildman–Crippen LogP) is 1.58. The standard InChI is InChI=1S/C9H17F3N2S/c1-8(6-13-7-9(10,11)12)14-2-4-15-5-3-14/h8,13H,2-7H2,1H3. The highest BCUT2D eigenvalue weighted by Gasteiger charge is 2.27. The molecule has 0 aliphatic carbocycles. The molecule has 0 aromatic heterocycles. The highest BCUT2D eigenvalue weighted by Crippen LogP contribution is 2.13. The molecule has 1 unspecified atom stereocenters. The monoisotopic (exact) mass is 242 g/mol. The molecule has 2 nitrogen and oxygen atoms in total. The fourth-order valence-corrected chi connectivity index (χ4v) is 2.50. The van der Waals surface area contributed by atoms with E-state index >= 15 is 0 Å². The maximum Gasteiger partial charge on any atom is 0.401 e. The van der Waals surface area contributed by atoms with Gasteiger partial charge in [0.2, 0.25) is 0 Å². The predicted molar refractivity (Wildman–Crippen MR) is 57.3 cm³/mol. The highest BCUT2D eigenvalue weighted by atomic mass is 32.2. The third-order valence-electron chi connectivity index (χ3n) is 2.43. The lowest BCUT2D eigenvalue weighted by molar-refractivity contribution is -0.125. The average Bonchev–Trinajstić information content (AvgIpc) is 2.17. The van der Waals surface area contributed by atoms with Crippen LogP contribution in [-0.2, 0) is 0 Å². The first-order chi connectivity index (χ1) is 6.99. The highest BCUT2D eigenvalue weighted by molar-refractivity contribution is 7.99. The van der Waals surface area contributed by atoms with Gasteiger partial charge in [0.25, 0.3) is 0 Å². The van der Waals surface area contributed by atoms with Gasteiger partial charge in [-0.15, -0.1) is 0 Å². The van der Waals surface area contributed by atoms with Gasteiger partial charge in [-0.05, 0) is 6.92 Å². The Morgan fingerprint density at radius 3 is 2.47 bits per heavy atom. The van der Waals surface area contributed by atoms with Gasteiger partial charge in [0, 0.05) is 37.2 Å². The number of hydrogen-bond acceptors (Lipinski definition) is 3. The van der Waals surface area contributed by atoms with Gasteiger partial charge in [-0.2, -0.15) is 24.9 Å². The zero-order chi connectivity index (χ0) is 11.3. The third-order valence-corrected chi connectivity index (χ3v) is 3.38. The van der Waals surface area contributed by atoms with E-state index in [4.69, 9.17) is 0 Å². The molecule has 1 saturated heterocycles. The topological polar surface area (TPSA) is 15.3 Å². The van der Waals surface area contributed by atoms with Crippen LogP contribution in [0.3, 0.4) is 0 Å². The number of thioether (sulfide) groups is 1. The van der Waals surface area contributed by atoms with Crippen LogP contribution < -0.4 is 5.32 Å². The summed E-state index contributed by atoms with van der Waals surface area (Å²) in [6.45, 7) is 3.46. The number of halogens is 3. The molecule has 1 N–H and O–H groups in total. The van der Waals surface area contributed by atoms with E-state index < -0.39 is 12.7 Å². The lowest BCUT2D eigenvalue weighted by Gasteiger charge is -2.32. The molecule has 90 valence electrons. The van der Waals surface area contributed by atoms with Crippen LogP contribution in [0, 0.1) is 0 Å². The van der Waals surface area contributed by atoms with E-state index in [0.29, 0.717) is 6.54 Å². The van der Waals surface area contributed by atoms with E-state index in [1.807, 2.05) is 18.7 Å². The summed E-state index contributed by atoms with van der Waals surface area (Å²) in [7, 11) is 0. The van der Waals surface area contributed by atoms with Crippen LogP contribution in [0.25, 0.3) is 0 Å². The number of alkyl halides is 3. The first-order valence-electron chi connectivity index (χ1n) is 5.08. The van der Waals surface area contributed by atoms with E-state index in [1.165, 1.54) is 0 Å². The van der Waals surface area contributed by atoms with Gasteiger partial charge in [-0.3, -0.25) is 4.90 Å². The van der Waals surface area contributed by atoms with Crippen LogP contribution in [0.5, 0.6) is 0 Å². The average molecular weight is 242 g/mol. The van der Waals surface area contributed by atoms with Gasteiger partial charge in [0.15, 0.2) is 0 Å². The normalized spacial score (nSPS) is 21.6. The second-order valence-electron chi connectivity index (χ2n) is 3.74. The van der Waals surface area contributed by atoms with Crippen LogP contribution in [0.1, 0.15) is 6.92 Å². The molecule has 0 amide bonds. The lowest BCUT2D eigenvalue weighted by Crippen LogP contribution is -2.46. The van der Waals surface area contributed by atoms with Crippen LogP contribution in [0.15, 0.2) is 0 Å². The number of nitrogens with zero attached hydrogens (tertiary/aromatic N) is 1. The van der Waals surface area contributed by atoms with E-state index in [-0.39, 0.29) is 6.04 Å². The van der Waals surface area contributed by atoms with Crippen molar-refractivity contribution in [3.8, 4) is 0 Å². The van der Waals surface area contributed by atoms with Crippen molar-refractivity contribution in [1.29, 1.82) is 0 Å². The van der Waals surface area contributed by atoms with E-state index in [1.54, 1.807) is 0 Å². The third kappa shape index (κ3) is 5.63. The van der Waals surface area contributed by atoms with E-state index in [2.05, 4.69) is 10.2 Å².